The molecule has 0 aliphatic carbocycles. The van der Waals surface area contributed by atoms with Crippen molar-refractivity contribution < 1.29 is 5.11 Å². The van der Waals surface area contributed by atoms with Gasteiger partial charge in [0.2, 0.25) is 0 Å². The predicted molar refractivity (Wildman–Crippen MR) is 74.8 cm³/mol. The molecule has 18 heavy (non-hydrogen) atoms. The average molecular weight is 262 g/mol. The van der Waals surface area contributed by atoms with Gasteiger partial charge < -0.3 is 10.4 Å². The van der Waals surface area contributed by atoms with Crippen molar-refractivity contribution >= 4 is 11.3 Å². The van der Waals surface area contributed by atoms with E-state index in [1.165, 1.54) is 4.88 Å². The highest BCUT2D eigenvalue weighted by Crippen LogP contribution is 2.23. The topological polar surface area (TPSA) is 45.2 Å². The Balaban J connectivity index is 2.04. The summed E-state index contributed by atoms with van der Waals surface area (Å²) in [6.07, 6.45) is 1.02. The zero-order chi connectivity index (χ0) is 13.0. The van der Waals surface area contributed by atoms with Crippen LogP contribution in [-0.2, 0) is 6.54 Å². The van der Waals surface area contributed by atoms with E-state index in [0.717, 1.165) is 12.1 Å². The number of aryl methyl sites for hydroxylation is 1. The van der Waals surface area contributed by atoms with Crippen LogP contribution in [0, 0.1) is 6.92 Å². The van der Waals surface area contributed by atoms with Crippen LogP contribution in [0.1, 0.15) is 35.7 Å². The molecule has 0 aromatic carbocycles. The molecule has 1 atom stereocenters. The molecule has 0 radical (unpaired) electrons. The van der Waals surface area contributed by atoms with Gasteiger partial charge in [-0.3, -0.25) is 4.98 Å². The average Bonchev–Trinajstić information content (AvgIpc) is 2.88. The van der Waals surface area contributed by atoms with Gasteiger partial charge in [-0.1, -0.05) is 13.0 Å². The van der Waals surface area contributed by atoms with Gasteiger partial charge >= 0.3 is 0 Å². The van der Waals surface area contributed by atoms with E-state index in [4.69, 9.17) is 0 Å². The van der Waals surface area contributed by atoms with E-state index in [1.54, 1.807) is 17.4 Å². The monoisotopic (exact) mass is 262 g/mol. The molecule has 0 aliphatic heterocycles. The van der Waals surface area contributed by atoms with Gasteiger partial charge in [0, 0.05) is 23.2 Å². The molecule has 4 heteroatoms. The van der Waals surface area contributed by atoms with Crippen molar-refractivity contribution in [3.63, 3.8) is 0 Å². The zero-order valence-corrected chi connectivity index (χ0v) is 11.5. The summed E-state index contributed by atoms with van der Waals surface area (Å²) in [6.45, 7) is 4.67. The van der Waals surface area contributed by atoms with Crippen molar-refractivity contribution in [2.45, 2.75) is 32.9 Å². The Kier molecular flexibility index (Phi) is 4.33. The third kappa shape index (κ3) is 3.09. The Labute approximate surface area is 112 Å². The first kappa shape index (κ1) is 13.1. The molecule has 2 rings (SSSR count). The Morgan fingerprint density at radius 3 is 2.89 bits per heavy atom. The molecule has 0 aliphatic rings. The molecule has 2 aromatic heterocycles. The van der Waals surface area contributed by atoms with E-state index < -0.39 is 0 Å². The maximum Gasteiger partial charge on any atom is 0.138 e. The lowest BCUT2D eigenvalue weighted by atomic mass is 10.2. The van der Waals surface area contributed by atoms with E-state index in [2.05, 4.69) is 34.7 Å². The molecular formula is C14H18N2OS. The summed E-state index contributed by atoms with van der Waals surface area (Å²) < 4.78 is 0. The number of nitrogens with one attached hydrogen (secondary N) is 1. The summed E-state index contributed by atoms with van der Waals surface area (Å²) in [6, 6.07) is 8.04. The molecule has 0 fully saturated rings. The van der Waals surface area contributed by atoms with Gasteiger partial charge in [0.15, 0.2) is 0 Å². The minimum atomic E-state index is 0.258. The van der Waals surface area contributed by atoms with Crippen LogP contribution in [0.25, 0.3) is 0 Å². The molecule has 0 saturated heterocycles. The molecule has 2 aromatic rings. The normalized spacial score (nSPS) is 12.6. The van der Waals surface area contributed by atoms with Crippen LogP contribution >= 0.6 is 11.3 Å². The maximum absolute atomic E-state index is 9.75. The number of aromatic nitrogens is 1. The van der Waals surface area contributed by atoms with Gasteiger partial charge in [-0.05, 0) is 36.9 Å². The van der Waals surface area contributed by atoms with Crippen molar-refractivity contribution in [3.05, 3.63) is 45.9 Å². The van der Waals surface area contributed by atoms with Gasteiger partial charge in [-0.2, -0.15) is 0 Å². The highest BCUT2D eigenvalue weighted by molar-refractivity contribution is 7.10. The summed E-state index contributed by atoms with van der Waals surface area (Å²) in [5.74, 6) is 0.258. The lowest BCUT2D eigenvalue weighted by Gasteiger charge is -2.15. The summed E-state index contributed by atoms with van der Waals surface area (Å²) in [5.41, 5.74) is 1.64. The van der Waals surface area contributed by atoms with Crippen LogP contribution < -0.4 is 5.32 Å². The molecule has 1 unspecified atom stereocenters. The Morgan fingerprint density at radius 1 is 1.39 bits per heavy atom. The summed E-state index contributed by atoms with van der Waals surface area (Å²) >= 11 is 1.75. The quantitative estimate of drug-likeness (QED) is 0.868. The molecule has 2 heterocycles. The third-order valence-electron chi connectivity index (χ3n) is 2.90. The SMILES string of the molecule is CCC(NCc1nc(C)ccc1O)c1cccs1. The van der Waals surface area contributed by atoms with Crippen LogP contribution in [0.4, 0.5) is 0 Å². The van der Waals surface area contributed by atoms with Crippen LogP contribution in [0.3, 0.4) is 0 Å². The smallest absolute Gasteiger partial charge is 0.138 e. The number of nitrogens with zero attached hydrogens (tertiary/aromatic N) is 1. The molecular weight excluding hydrogens is 244 g/mol. The Morgan fingerprint density at radius 2 is 2.22 bits per heavy atom. The summed E-state index contributed by atoms with van der Waals surface area (Å²) in [4.78, 5) is 5.67. The van der Waals surface area contributed by atoms with Crippen molar-refractivity contribution in [2.24, 2.45) is 0 Å². The second-order valence-corrected chi connectivity index (χ2v) is 5.25. The van der Waals surface area contributed by atoms with Crippen LogP contribution in [-0.4, -0.2) is 10.1 Å². The van der Waals surface area contributed by atoms with E-state index in [-0.39, 0.29) is 5.75 Å². The van der Waals surface area contributed by atoms with Crippen molar-refractivity contribution in [1.29, 1.82) is 0 Å². The lowest BCUT2D eigenvalue weighted by Crippen LogP contribution is -2.20. The van der Waals surface area contributed by atoms with Crippen LogP contribution in [0.15, 0.2) is 29.6 Å². The molecule has 96 valence electrons. The molecule has 2 N–H and O–H groups in total. The van der Waals surface area contributed by atoms with E-state index in [1.807, 2.05) is 13.0 Å². The summed E-state index contributed by atoms with van der Waals surface area (Å²) in [5, 5.41) is 15.3. The third-order valence-corrected chi connectivity index (χ3v) is 3.89. The molecule has 0 spiro atoms. The van der Waals surface area contributed by atoms with Gasteiger partial charge in [-0.25, -0.2) is 0 Å². The molecule has 0 saturated carbocycles. The number of hydrogen-bond acceptors (Lipinski definition) is 4. The van der Waals surface area contributed by atoms with E-state index in [9.17, 15) is 5.11 Å². The fourth-order valence-corrected chi connectivity index (χ4v) is 2.77. The van der Waals surface area contributed by atoms with Gasteiger partial charge in [0.25, 0.3) is 0 Å². The number of pyridine rings is 1. The van der Waals surface area contributed by atoms with Crippen molar-refractivity contribution in [3.8, 4) is 5.75 Å². The zero-order valence-electron chi connectivity index (χ0n) is 10.7. The number of aromatic hydroxyl groups is 1. The fraction of sp³-hybridized carbons (Fsp3) is 0.357. The van der Waals surface area contributed by atoms with Crippen LogP contribution in [0.5, 0.6) is 5.75 Å². The van der Waals surface area contributed by atoms with Gasteiger partial charge in [0.05, 0.1) is 5.69 Å². The lowest BCUT2D eigenvalue weighted by molar-refractivity contribution is 0.449. The molecule has 3 nitrogen and oxygen atoms in total. The Hall–Kier alpha value is -1.39. The first-order valence-electron chi connectivity index (χ1n) is 6.13. The molecule has 0 bridgehead atoms. The first-order chi connectivity index (χ1) is 8.70. The summed E-state index contributed by atoms with van der Waals surface area (Å²) in [7, 11) is 0. The van der Waals surface area contributed by atoms with Crippen molar-refractivity contribution in [2.75, 3.05) is 0 Å². The Bertz CT molecular complexity index is 497. The van der Waals surface area contributed by atoms with Crippen LogP contribution in [0.2, 0.25) is 0 Å². The van der Waals surface area contributed by atoms with Crippen molar-refractivity contribution in [1.82, 2.24) is 10.3 Å². The second kappa shape index (κ2) is 5.98. The second-order valence-electron chi connectivity index (χ2n) is 4.28. The molecule has 0 amide bonds. The van der Waals surface area contributed by atoms with Gasteiger partial charge in [-0.15, -0.1) is 11.3 Å². The van der Waals surface area contributed by atoms with E-state index in [0.29, 0.717) is 18.3 Å². The maximum atomic E-state index is 9.75. The predicted octanol–water partition coefficient (Wildman–Crippen LogP) is 3.40. The highest BCUT2D eigenvalue weighted by Gasteiger charge is 2.11. The van der Waals surface area contributed by atoms with Gasteiger partial charge in [0.1, 0.15) is 5.75 Å². The largest absolute Gasteiger partial charge is 0.506 e. The number of hydrogen-bond donors (Lipinski definition) is 2. The standard InChI is InChI=1S/C14H18N2OS/c1-3-11(14-5-4-8-18-14)15-9-12-13(17)7-6-10(2)16-12/h4-8,11,15,17H,3,9H2,1-2H3. The number of thiophene rings is 1. The first-order valence-corrected chi connectivity index (χ1v) is 7.01. The van der Waals surface area contributed by atoms with E-state index >= 15 is 0 Å². The fourth-order valence-electron chi connectivity index (χ4n) is 1.89. The minimum absolute atomic E-state index is 0.258. The number of rotatable bonds is 5. The highest BCUT2D eigenvalue weighted by atomic mass is 32.1. The minimum Gasteiger partial charge on any atom is -0.506 e.